The lowest BCUT2D eigenvalue weighted by molar-refractivity contribution is 0.102. The molecule has 0 aliphatic rings. The molecule has 0 saturated heterocycles. The molecule has 0 bridgehead atoms. The topological polar surface area (TPSA) is 41.1 Å². The van der Waals surface area contributed by atoms with E-state index < -0.39 is 0 Å². The van der Waals surface area contributed by atoms with Gasteiger partial charge in [0, 0.05) is 17.8 Å². The number of para-hydroxylation sites is 1. The predicted octanol–water partition coefficient (Wildman–Crippen LogP) is 4.94. The Bertz CT molecular complexity index is 636. The molecule has 0 aromatic heterocycles. The third-order valence-corrected chi connectivity index (χ3v) is 3.50. The van der Waals surface area contributed by atoms with Crippen molar-refractivity contribution in [2.24, 2.45) is 0 Å². The van der Waals surface area contributed by atoms with Crippen LogP contribution in [0.15, 0.2) is 36.4 Å². The summed E-state index contributed by atoms with van der Waals surface area (Å²) in [4.78, 5) is 12.3. The van der Waals surface area contributed by atoms with Crippen molar-refractivity contribution >= 4 is 52.1 Å². The summed E-state index contributed by atoms with van der Waals surface area (Å²) in [7, 11) is 1.74. The van der Waals surface area contributed by atoms with Gasteiger partial charge in [0.25, 0.3) is 5.91 Å². The summed E-state index contributed by atoms with van der Waals surface area (Å²) in [5.74, 6) is -0.305. The lowest BCUT2D eigenvalue weighted by Crippen LogP contribution is -2.14. The first-order valence-electron chi connectivity index (χ1n) is 5.75. The fraction of sp³-hybridized carbons (Fsp3) is 0.0714. The summed E-state index contributed by atoms with van der Waals surface area (Å²) in [6.07, 6.45) is 0. The molecule has 1 amide bonds. The van der Waals surface area contributed by atoms with Gasteiger partial charge in [-0.3, -0.25) is 4.79 Å². The minimum atomic E-state index is -0.305. The minimum Gasteiger partial charge on any atom is -0.387 e. The van der Waals surface area contributed by atoms with Crippen molar-refractivity contribution in [1.29, 1.82) is 0 Å². The van der Waals surface area contributed by atoms with Crippen LogP contribution in [-0.4, -0.2) is 13.0 Å². The molecule has 0 aliphatic carbocycles. The maximum absolute atomic E-state index is 12.3. The summed E-state index contributed by atoms with van der Waals surface area (Å²) in [6, 6.07) is 10.2. The van der Waals surface area contributed by atoms with Crippen molar-refractivity contribution in [2.75, 3.05) is 17.7 Å². The molecule has 6 heteroatoms. The van der Waals surface area contributed by atoms with E-state index in [-0.39, 0.29) is 16.0 Å². The Balaban J connectivity index is 2.33. The molecule has 3 nitrogen and oxygen atoms in total. The maximum atomic E-state index is 12.3. The quantitative estimate of drug-likeness (QED) is 0.837. The van der Waals surface area contributed by atoms with E-state index in [0.29, 0.717) is 22.0 Å². The number of benzene rings is 2. The monoisotopic (exact) mass is 328 g/mol. The zero-order valence-corrected chi connectivity index (χ0v) is 12.8. The molecule has 2 N–H and O–H groups in total. The largest absolute Gasteiger partial charge is 0.387 e. The number of amides is 1. The van der Waals surface area contributed by atoms with Crippen LogP contribution in [0.4, 0.5) is 11.4 Å². The Morgan fingerprint density at radius 3 is 2.25 bits per heavy atom. The van der Waals surface area contributed by atoms with Crippen LogP contribution in [0, 0.1) is 0 Å². The summed E-state index contributed by atoms with van der Waals surface area (Å²) >= 11 is 17.9. The lowest BCUT2D eigenvalue weighted by atomic mass is 10.1. The maximum Gasteiger partial charge on any atom is 0.257 e. The average Bonchev–Trinajstić information content (AvgIpc) is 2.42. The zero-order valence-electron chi connectivity index (χ0n) is 10.5. The van der Waals surface area contributed by atoms with Gasteiger partial charge in [0.05, 0.1) is 21.3 Å². The molecule has 0 saturated carbocycles. The number of rotatable bonds is 3. The van der Waals surface area contributed by atoms with Gasteiger partial charge in [-0.2, -0.15) is 0 Å². The number of halogens is 3. The van der Waals surface area contributed by atoms with Crippen LogP contribution in [0.3, 0.4) is 0 Å². The van der Waals surface area contributed by atoms with E-state index in [1.807, 2.05) is 6.07 Å². The Morgan fingerprint density at radius 2 is 1.65 bits per heavy atom. The van der Waals surface area contributed by atoms with Gasteiger partial charge in [-0.15, -0.1) is 0 Å². The van der Waals surface area contributed by atoms with Gasteiger partial charge in [0.15, 0.2) is 0 Å². The number of hydrogen-bond acceptors (Lipinski definition) is 2. The summed E-state index contributed by atoms with van der Waals surface area (Å²) < 4.78 is 0. The van der Waals surface area contributed by atoms with Crippen molar-refractivity contribution in [1.82, 2.24) is 0 Å². The predicted molar refractivity (Wildman–Crippen MR) is 85.4 cm³/mol. The molecule has 0 unspecified atom stereocenters. The number of anilines is 2. The van der Waals surface area contributed by atoms with Crippen LogP contribution in [0.2, 0.25) is 15.1 Å². The van der Waals surface area contributed by atoms with Crippen LogP contribution in [0.25, 0.3) is 0 Å². The molecule has 20 heavy (non-hydrogen) atoms. The minimum absolute atomic E-state index is 0.290. The van der Waals surface area contributed by atoms with Crippen molar-refractivity contribution in [2.45, 2.75) is 0 Å². The van der Waals surface area contributed by atoms with E-state index in [1.54, 1.807) is 25.2 Å². The smallest absolute Gasteiger partial charge is 0.257 e. The third-order valence-electron chi connectivity index (χ3n) is 2.69. The first-order chi connectivity index (χ1) is 9.52. The first-order valence-corrected chi connectivity index (χ1v) is 6.89. The number of carbonyl (C=O) groups excluding carboxylic acids is 1. The fourth-order valence-electron chi connectivity index (χ4n) is 1.74. The van der Waals surface area contributed by atoms with Crippen LogP contribution in [0.1, 0.15) is 10.4 Å². The lowest BCUT2D eigenvalue weighted by Gasteiger charge is -2.12. The average molecular weight is 330 g/mol. The number of nitrogens with one attached hydrogen (secondary N) is 2. The van der Waals surface area contributed by atoms with Crippen LogP contribution in [0.5, 0.6) is 0 Å². The highest BCUT2D eigenvalue weighted by atomic mass is 35.5. The number of carbonyl (C=O) groups is 1. The van der Waals surface area contributed by atoms with Crippen molar-refractivity contribution in [3.8, 4) is 0 Å². The SMILES string of the molecule is CNc1ccccc1C(=O)Nc1c(Cl)cc(Cl)cc1Cl. The molecule has 2 rings (SSSR count). The van der Waals surface area contributed by atoms with Gasteiger partial charge >= 0.3 is 0 Å². The summed E-state index contributed by atoms with van der Waals surface area (Å²) in [5.41, 5.74) is 1.55. The van der Waals surface area contributed by atoms with Crippen LogP contribution in [-0.2, 0) is 0 Å². The van der Waals surface area contributed by atoms with Crippen molar-refractivity contribution in [3.63, 3.8) is 0 Å². The van der Waals surface area contributed by atoms with Crippen LogP contribution < -0.4 is 10.6 Å². The van der Waals surface area contributed by atoms with E-state index in [1.165, 1.54) is 12.1 Å². The van der Waals surface area contributed by atoms with Crippen molar-refractivity contribution < 1.29 is 4.79 Å². The normalized spacial score (nSPS) is 10.2. The molecule has 104 valence electrons. The molecule has 2 aromatic rings. The second-order valence-electron chi connectivity index (χ2n) is 3.99. The Morgan fingerprint density at radius 1 is 1.05 bits per heavy atom. The molecule has 0 fully saturated rings. The highest BCUT2D eigenvalue weighted by molar-refractivity contribution is 6.42. The van der Waals surface area contributed by atoms with E-state index in [2.05, 4.69) is 10.6 Å². The zero-order chi connectivity index (χ0) is 14.7. The highest BCUT2D eigenvalue weighted by Gasteiger charge is 2.14. The second-order valence-corrected chi connectivity index (χ2v) is 5.24. The molecule has 0 heterocycles. The molecule has 2 aromatic carbocycles. The molecular weight excluding hydrogens is 319 g/mol. The van der Waals surface area contributed by atoms with Gasteiger partial charge < -0.3 is 10.6 Å². The van der Waals surface area contributed by atoms with Gasteiger partial charge in [-0.25, -0.2) is 0 Å². The van der Waals surface area contributed by atoms with Crippen LogP contribution >= 0.6 is 34.8 Å². The van der Waals surface area contributed by atoms with Gasteiger partial charge in [-0.05, 0) is 24.3 Å². The van der Waals surface area contributed by atoms with Gasteiger partial charge in [-0.1, -0.05) is 46.9 Å². The second kappa shape index (κ2) is 6.35. The van der Waals surface area contributed by atoms with E-state index in [0.717, 1.165) is 0 Å². The molecule has 0 radical (unpaired) electrons. The molecule has 0 aliphatic heterocycles. The highest BCUT2D eigenvalue weighted by Crippen LogP contribution is 2.34. The Kier molecular flexibility index (Phi) is 4.76. The Labute approximate surface area is 131 Å². The molecule has 0 atom stereocenters. The first kappa shape index (κ1) is 15.0. The fourth-order valence-corrected chi connectivity index (χ4v) is 2.65. The Hall–Kier alpha value is -1.42. The standard InChI is InChI=1S/C14H11Cl3N2O/c1-18-12-5-3-2-4-9(12)14(20)19-13-10(16)6-8(15)7-11(13)17/h2-7,18H,1H3,(H,19,20). The molecular formula is C14H11Cl3N2O. The van der Waals surface area contributed by atoms with E-state index in [9.17, 15) is 4.79 Å². The van der Waals surface area contributed by atoms with E-state index >= 15 is 0 Å². The molecule has 0 spiro atoms. The number of hydrogen-bond donors (Lipinski definition) is 2. The third kappa shape index (κ3) is 3.18. The van der Waals surface area contributed by atoms with Gasteiger partial charge in [0.2, 0.25) is 0 Å². The summed E-state index contributed by atoms with van der Waals surface area (Å²) in [5, 5.41) is 6.64. The van der Waals surface area contributed by atoms with E-state index in [4.69, 9.17) is 34.8 Å². The van der Waals surface area contributed by atoms with Gasteiger partial charge in [0.1, 0.15) is 0 Å². The van der Waals surface area contributed by atoms with Crippen molar-refractivity contribution in [3.05, 3.63) is 57.0 Å². The summed E-state index contributed by atoms with van der Waals surface area (Å²) in [6.45, 7) is 0.